The average Bonchev–Trinajstić information content (AvgIpc) is 3.45. The summed E-state index contributed by atoms with van der Waals surface area (Å²) in [5, 5.41) is 4.12. The molecule has 0 bridgehead atoms. The molecule has 7 heteroatoms. The predicted octanol–water partition coefficient (Wildman–Crippen LogP) is 3.07. The van der Waals surface area contributed by atoms with Gasteiger partial charge in [0, 0.05) is 12.1 Å². The minimum Gasteiger partial charge on any atom is -0.486 e. The van der Waals surface area contributed by atoms with E-state index in [1.54, 1.807) is 11.0 Å². The van der Waals surface area contributed by atoms with Crippen molar-refractivity contribution in [3.63, 3.8) is 0 Å². The van der Waals surface area contributed by atoms with Crippen molar-refractivity contribution in [1.82, 2.24) is 19.7 Å². The van der Waals surface area contributed by atoms with E-state index in [9.17, 15) is 4.79 Å². The van der Waals surface area contributed by atoms with Crippen LogP contribution in [0.1, 0.15) is 40.4 Å². The molecule has 0 spiro atoms. The lowest BCUT2D eigenvalue weighted by Crippen LogP contribution is -2.30. The Bertz CT molecular complexity index is 1000. The van der Waals surface area contributed by atoms with Gasteiger partial charge in [-0.3, -0.25) is 4.79 Å². The van der Waals surface area contributed by atoms with E-state index >= 15 is 0 Å². The molecule has 0 aliphatic carbocycles. The number of carbonyl (C=O) groups is 1. The first-order chi connectivity index (χ1) is 14.3. The molecule has 0 N–H and O–H groups in total. The van der Waals surface area contributed by atoms with Crippen LogP contribution in [0.15, 0.2) is 55.1 Å². The molecule has 3 aromatic rings. The maximum absolute atomic E-state index is 13.2. The topological polar surface area (TPSA) is 69.5 Å². The number of ether oxygens (including phenoxy) is 2. The molecule has 2 aliphatic heterocycles. The summed E-state index contributed by atoms with van der Waals surface area (Å²) in [5.74, 6) is 1.61. The second-order valence-electron chi connectivity index (χ2n) is 7.35. The van der Waals surface area contributed by atoms with Crippen LogP contribution in [-0.2, 0) is 6.54 Å². The second-order valence-corrected chi connectivity index (χ2v) is 7.35. The molecule has 3 heterocycles. The average molecular weight is 390 g/mol. The molecule has 5 rings (SSSR count). The minimum absolute atomic E-state index is 0.0631. The van der Waals surface area contributed by atoms with Crippen molar-refractivity contribution in [1.29, 1.82) is 0 Å². The quantitative estimate of drug-likeness (QED) is 0.685. The first-order valence-electron chi connectivity index (χ1n) is 9.90. The summed E-state index contributed by atoms with van der Waals surface area (Å²) < 4.78 is 13.1. The molecule has 0 unspecified atom stereocenters. The fourth-order valence-electron chi connectivity index (χ4n) is 4.04. The number of nitrogens with zero attached hydrogens (tertiary/aromatic N) is 4. The van der Waals surface area contributed by atoms with Gasteiger partial charge in [0.2, 0.25) is 0 Å². The third-order valence-electron chi connectivity index (χ3n) is 5.48. The number of amides is 1. The van der Waals surface area contributed by atoms with Gasteiger partial charge in [-0.1, -0.05) is 18.2 Å². The third kappa shape index (κ3) is 3.55. The SMILES string of the molecule is O=C(c1ccc(Cn2cncn2)cc1)N1CCC[C@H]1c1ccc2c(c1)OCCO2. The Balaban J connectivity index is 1.33. The van der Waals surface area contributed by atoms with Gasteiger partial charge in [0.05, 0.1) is 12.6 Å². The van der Waals surface area contributed by atoms with Gasteiger partial charge in [0.1, 0.15) is 25.9 Å². The van der Waals surface area contributed by atoms with Gasteiger partial charge in [-0.25, -0.2) is 9.67 Å². The summed E-state index contributed by atoms with van der Waals surface area (Å²) >= 11 is 0. The van der Waals surface area contributed by atoms with Crippen LogP contribution in [0.25, 0.3) is 0 Å². The highest BCUT2D eigenvalue weighted by Crippen LogP contribution is 2.38. The zero-order valence-electron chi connectivity index (χ0n) is 16.0. The number of likely N-dealkylation sites (tertiary alicyclic amines) is 1. The van der Waals surface area contributed by atoms with Crippen LogP contribution >= 0.6 is 0 Å². The van der Waals surface area contributed by atoms with Gasteiger partial charge in [-0.2, -0.15) is 5.10 Å². The van der Waals surface area contributed by atoms with Crippen molar-refractivity contribution in [3.8, 4) is 11.5 Å². The molecule has 2 aliphatic rings. The lowest BCUT2D eigenvalue weighted by molar-refractivity contribution is 0.0735. The van der Waals surface area contributed by atoms with Crippen LogP contribution in [0.4, 0.5) is 0 Å². The number of aromatic nitrogens is 3. The van der Waals surface area contributed by atoms with E-state index in [4.69, 9.17) is 9.47 Å². The number of hydrogen-bond donors (Lipinski definition) is 0. The number of benzene rings is 2. The van der Waals surface area contributed by atoms with Crippen LogP contribution in [0.5, 0.6) is 11.5 Å². The fraction of sp³-hybridized carbons (Fsp3) is 0.318. The Kier molecular flexibility index (Phi) is 4.63. The molecule has 1 amide bonds. The molecule has 0 radical (unpaired) electrons. The molecule has 7 nitrogen and oxygen atoms in total. The van der Waals surface area contributed by atoms with Crippen LogP contribution in [0, 0.1) is 0 Å². The van der Waals surface area contributed by atoms with Gasteiger partial charge in [0.15, 0.2) is 11.5 Å². The van der Waals surface area contributed by atoms with Crippen LogP contribution in [-0.4, -0.2) is 45.3 Å². The highest BCUT2D eigenvalue weighted by molar-refractivity contribution is 5.94. The van der Waals surface area contributed by atoms with E-state index < -0.39 is 0 Å². The molecule has 1 atom stereocenters. The highest BCUT2D eigenvalue weighted by atomic mass is 16.6. The molecule has 148 valence electrons. The van der Waals surface area contributed by atoms with Crippen molar-refractivity contribution >= 4 is 5.91 Å². The van der Waals surface area contributed by atoms with Gasteiger partial charge < -0.3 is 14.4 Å². The molecule has 1 saturated heterocycles. The van der Waals surface area contributed by atoms with E-state index in [-0.39, 0.29) is 11.9 Å². The zero-order valence-corrected chi connectivity index (χ0v) is 16.0. The summed E-state index contributed by atoms with van der Waals surface area (Å²) in [4.78, 5) is 19.1. The van der Waals surface area contributed by atoms with Crippen molar-refractivity contribution in [2.75, 3.05) is 19.8 Å². The third-order valence-corrected chi connectivity index (χ3v) is 5.48. The number of hydrogen-bond acceptors (Lipinski definition) is 5. The van der Waals surface area contributed by atoms with E-state index in [2.05, 4.69) is 10.1 Å². The van der Waals surface area contributed by atoms with E-state index in [0.29, 0.717) is 25.3 Å². The Morgan fingerprint density at radius 3 is 2.69 bits per heavy atom. The van der Waals surface area contributed by atoms with Crippen molar-refractivity contribution < 1.29 is 14.3 Å². The maximum Gasteiger partial charge on any atom is 0.254 e. The van der Waals surface area contributed by atoms with Crippen molar-refractivity contribution in [2.24, 2.45) is 0 Å². The summed E-state index contributed by atoms with van der Waals surface area (Å²) in [6, 6.07) is 13.8. The second kappa shape index (κ2) is 7.58. The first kappa shape index (κ1) is 17.7. The molecule has 2 aromatic carbocycles. The summed E-state index contributed by atoms with van der Waals surface area (Å²) in [7, 11) is 0. The van der Waals surface area contributed by atoms with E-state index in [1.807, 2.05) is 47.4 Å². The van der Waals surface area contributed by atoms with Gasteiger partial charge >= 0.3 is 0 Å². The monoisotopic (exact) mass is 390 g/mol. The van der Waals surface area contributed by atoms with Crippen molar-refractivity contribution in [3.05, 3.63) is 71.8 Å². The Hall–Kier alpha value is -3.35. The first-order valence-corrected chi connectivity index (χ1v) is 9.90. The summed E-state index contributed by atoms with van der Waals surface area (Å²) in [6.07, 6.45) is 5.15. The fourth-order valence-corrected chi connectivity index (χ4v) is 4.04. The normalized spacial score (nSPS) is 18.1. The van der Waals surface area contributed by atoms with Gasteiger partial charge in [-0.15, -0.1) is 0 Å². The molecule has 29 heavy (non-hydrogen) atoms. The number of carbonyl (C=O) groups excluding carboxylic acids is 1. The Morgan fingerprint density at radius 1 is 1.07 bits per heavy atom. The van der Waals surface area contributed by atoms with Crippen LogP contribution in [0.3, 0.4) is 0 Å². The smallest absolute Gasteiger partial charge is 0.254 e. The van der Waals surface area contributed by atoms with Gasteiger partial charge in [0.25, 0.3) is 5.91 Å². The lowest BCUT2D eigenvalue weighted by atomic mass is 10.0. The summed E-state index contributed by atoms with van der Waals surface area (Å²) in [5.41, 5.74) is 2.89. The summed E-state index contributed by atoms with van der Waals surface area (Å²) in [6.45, 7) is 2.54. The number of rotatable bonds is 4. The van der Waals surface area contributed by atoms with E-state index in [0.717, 1.165) is 42.0 Å². The predicted molar refractivity (Wildman–Crippen MR) is 106 cm³/mol. The lowest BCUT2D eigenvalue weighted by Gasteiger charge is -2.27. The highest BCUT2D eigenvalue weighted by Gasteiger charge is 2.31. The maximum atomic E-state index is 13.2. The number of fused-ring (bicyclic) bond motifs is 1. The van der Waals surface area contributed by atoms with Crippen LogP contribution in [0.2, 0.25) is 0 Å². The standard InChI is InChI=1S/C22H22N4O3/c27-22(17-5-3-16(4-6-17)13-25-15-23-14-24-25)26-9-1-2-19(26)18-7-8-20-21(12-18)29-11-10-28-20/h3-8,12,14-15,19H,1-2,9-11,13H2/t19-/m0/s1. The van der Waals surface area contributed by atoms with Gasteiger partial charge in [-0.05, 0) is 48.2 Å². The molecule has 1 fully saturated rings. The molecular weight excluding hydrogens is 368 g/mol. The molecular formula is C22H22N4O3. The van der Waals surface area contributed by atoms with E-state index in [1.165, 1.54) is 6.33 Å². The zero-order chi connectivity index (χ0) is 19.6. The Morgan fingerprint density at radius 2 is 1.90 bits per heavy atom. The largest absolute Gasteiger partial charge is 0.486 e. The van der Waals surface area contributed by atoms with Crippen molar-refractivity contribution in [2.45, 2.75) is 25.4 Å². The molecule has 1 aromatic heterocycles. The van der Waals surface area contributed by atoms with Crippen LogP contribution < -0.4 is 9.47 Å². The Labute approximate surface area is 168 Å². The molecule has 0 saturated carbocycles. The minimum atomic E-state index is 0.0631.